The number of benzene rings is 4. The summed E-state index contributed by atoms with van der Waals surface area (Å²) in [6, 6.07) is 24.5. The molecule has 222 valence electrons. The number of nitrogens with zero attached hydrogens (tertiary/aromatic N) is 1. The SMILES string of the molecule is O=C(Nc1ccc(S(=O)(=O)Nc2ccc(Cl)c(C(F)(F)F)c2)cc1)c1ccc(C2SCC(=O)N2Cc2ccccc2)cc1. The van der Waals surface area contributed by atoms with Gasteiger partial charge in [-0.15, -0.1) is 11.8 Å². The van der Waals surface area contributed by atoms with Gasteiger partial charge in [0.15, 0.2) is 0 Å². The number of sulfonamides is 1. The molecule has 1 saturated heterocycles. The van der Waals surface area contributed by atoms with Gasteiger partial charge in [-0.1, -0.05) is 54.1 Å². The third-order valence-electron chi connectivity index (χ3n) is 6.57. The Morgan fingerprint density at radius 2 is 1.58 bits per heavy atom. The molecular weight excluding hydrogens is 623 g/mol. The van der Waals surface area contributed by atoms with Crippen molar-refractivity contribution in [1.82, 2.24) is 4.90 Å². The number of alkyl halides is 3. The van der Waals surface area contributed by atoms with Crippen LogP contribution >= 0.6 is 23.4 Å². The number of rotatable bonds is 8. The van der Waals surface area contributed by atoms with Crippen molar-refractivity contribution in [3.8, 4) is 0 Å². The van der Waals surface area contributed by atoms with Crippen molar-refractivity contribution in [2.24, 2.45) is 0 Å². The Balaban J connectivity index is 1.23. The number of hydrogen-bond acceptors (Lipinski definition) is 5. The van der Waals surface area contributed by atoms with E-state index in [0.29, 0.717) is 29.6 Å². The van der Waals surface area contributed by atoms with Gasteiger partial charge in [0.1, 0.15) is 5.37 Å². The maximum atomic E-state index is 13.1. The van der Waals surface area contributed by atoms with E-state index in [-0.39, 0.29) is 21.9 Å². The van der Waals surface area contributed by atoms with E-state index >= 15 is 0 Å². The molecule has 2 N–H and O–H groups in total. The van der Waals surface area contributed by atoms with E-state index in [1.165, 1.54) is 36.0 Å². The normalized spacial score (nSPS) is 15.4. The Morgan fingerprint density at radius 3 is 2.23 bits per heavy atom. The molecule has 0 saturated carbocycles. The van der Waals surface area contributed by atoms with Gasteiger partial charge in [0.05, 0.1) is 21.2 Å². The highest BCUT2D eigenvalue weighted by molar-refractivity contribution is 8.00. The highest BCUT2D eigenvalue weighted by atomic mass is 35.5. The van der Waals surface area contributed by atoms with E-state index < -0.39 is 32.7 Å². The van der Waals surface area contributed by atoms with Gasteiger partial charge in [-0.05, 0) is 65.7 Å². The maximum absolute atomic E-state index is 13.1. The molecule has 4 aromatic rings. The predicted molar refractivity (Wildman–Crippen MR) is 160 cm³/mol. The number of hydrogen-bond donors (Lipinski definition) is 2. The molecule has 5 rings (SSSR count). The average Bonchev–Trinajstić information content (AvgIpc) is 3.33. The highest BCUT2D eigenvalue weighted by Crippen LogP contribution is 2.40. The minimum atomic E-state index is -4.75. The van der Waals surface area contributed by atoms with Gasteiger partial charge < -0.3 is 10.2 Å². The van der Waals surface area contributed by atoms with Crippen molar-refractivity contribution in [1.29, 1.82) is 0 Å². The van der Waals surface area contributed by atoms with Crippen LogP contribution < -0.4 is 10.0 Å². The van der Waals surface area contributed by atoms with Crippen molar-refractivity contribution in [3.63, 3.8) is 0 Å². The zero-order valence-electron chi connectivity index (χ0n) is 22.1. The molecule has 43 heavy (non-hydrogen) atoms. The van der Waals surface area contributed by atoms with Crippen LogP contribution in [0.5, 0.6) is 0 Å². The van der Waals surface area contributed by atoms with Gasteiger partial charge in [0.2, 0.25) is 5.91 Å². The average molecular weight is 646 g/mol. The van der Waals surface area contributed by atoms with Crippen LogP contribution in [-0.2, 0) is 27.5 Å². The molecule has 1 fully saturated rings. The van der Waals surface area contributed by atoms with Crippen LogP contribution in [0.3, 0.4) is 0 Å². The minimum absolute atomic E-state index is 0.0422. The van der Waals surface area contributed by atoms with Gasteiger partial charge in [-0.3, -0.25) is 14.3 Å². The Kier molecular flexibility index (Phi) is 8.72. The van der Waals surface area contributed by atoms with Crippen LogP contribution in [-0.4, -0.2) is 30.9 Å². The summed E-state index contributed by atoms with van der Waals surface area (Å²) in [5, 5.41) is 1.96. The van der Waals surface area contributed by atoms with Crippen molar-refractivity contribution in [2.45, 2.75) is 23.0 Å². The lowest BCUT2D eigenvalue weighted by Crippen LogP contribution is -2.27. The fourth-order valence-electron chi connectivity index (χ4n) is 4.42. The highest BCUT2D eigenvalue weighted by Gasteiger charge is 2.34. The molecular formula is C30H23ClF3N3O4S2. The summed E-state index contributed by atoms with van der Waals surface area (Å²) in [7, 11) is -4.23. The molecule has 1 unspecified atom stereocenters. The van der Waals surface area contributed by atoms with Gasteiger partial charge in [0, 0.05) is 23.5 Å². The lowest BCUT2D eigenvalue weighted by Gasteiger charge is -2.24. The van der Waals surface area contributed by atoms with Crippen LogP contribution in [0, 0.1) is 0 Å². The first-order valence-electron chi connectivity index (χ1n) is 12.8. The molecule has 2 amide bonds. The Bertz CT molecular complexity index is 1750. The standard InChI is InChI=1S/C30H23ClF3N3O4S2/c31-26-15-12-23(16-25(26)30(32,33)34)36-43(40,41)24-13-10-22(11-14-24)35-28(39)20-6-8-21(9-7-20)29-37(27(38)18-42-29)17-19-4-2-1-3-5-19/h1-16,29,36H,17-18H2,(H,35,39). The monoisotopic (exact) mass is 645 g/mol. The number of thioether (sulfide) groups is 1. The number of carbonyl (C=O) groups is 2. The first-order chi connectivity index (χ1) is 20.4. The van der Waals surface area contributed by atoms with E-state index in [0.717, 1.165) is 23.3 Å². The molecule has 1 heterocycles. The number of carbonyl (C=O) groups excluding carboxylic acids is 2. The van der Waals surface area contributed by atoms with Gasteiger partial charge in [-0.2, -0.15) is 13.2 Å². The zero-order valence-corrected chi connectivity index (χ0v) is 24.5. The number of nitrogens with one attached hydrogen (secondary N) is 2. The van der Waals surface area contributed by atoms with E-state index in [2.05, 4.69) is 10.0 Å². The second kappa shape index (κ2) is 12.3. The molecule has 0 bridgehead atoms. The van der Waals surface area contributed by atoms with Gasteiger partial charge in [0.25, 0.3) is 15.9 Å². The van der Waals surface area contributed by atoms with E-state index in [9.17, 15) is 31.2 Å². The fraction of sp³-hybridized carbons (Fsp3) is 0.133. The third kappa shape index (κ3) is 7.15. The number of anilines is 2. The molecule has 0 spiro atoms. The molecule has 1 aliphatic heterocycles. The smallest absolute Gasteiger partial charge is 0.322 e. The Hall–Kier alpha value is -4.00. The van der Waals surface area contributed by atoms with Crippen molar-refractivity contribution in [2.75, 3.05) is 15.8 Å². The summed E-state index contributed by atoms with van der Waals surface area (Å²) in [6.07, 6.45) is -4.75. The summed E-state index contributed by atoms with van der Waals surface area (Å²) in [6.45, 7) is 0.481. The molecule has 0 aliphatic carbocycles. The maximum Gasteiger partial charge on any atom is 0.417 e. The number of amides is 2. The van der Waals surface area contributed by atoms with Crippen LogP contribution in [0.25, 0.3) is 0 Å². The number of halogens is 4. The minimum Gasteiger partial charge on any atom is -0.322 e. The Morgan fingerprint density at radius 1 is 0.930 bits per heavy atom. The van der Waals surface area contributed by atoms with Gasteiger partial charge >= 0.3 is 6.18 Å². The van der Waals surface area contributed by atoms with Gasteiger partial charge in [-0.25, -0.2) is 8.42 Å². The largest absolute Gasteiger partial charge is 0.417 e. The summed E-state index contributed by atoms with van der Waals surface area (Å²) in [5.41, 5.74) is 1.10. The zero-order chi connectivity index (χ0) is 30.8. The Labute approximate surface area is 255 Å². The third-order valence-corrected chi connectivity index (χ3v) is 9.55. The molecule has 4 aromatic carbocycles. The van der Waals surface area contributed by atoms with E-state index in [4.69, 9.17) is 11.6 Å². The summed E-state index contributed by atoms with van der Waals surface area (Å²) >= 11 is 7.12. The van der Waals surface area contributed by atoms with Crippen LogP contribution in [0.4, 0.5) is 24.5 Å². The molecule has 1 aliphatic rings. The molecule has 0 aromatic heterocycles. The fourth-order valence-corrected chi connectivity index (χ4v) is 6.88. The van der Waals surface area contributed by atoms with Crippen LogP contribution in [0.1, 0.15) is 32.4 Å². The molecule has 0 radical (unpaired) electrons. The lowest BCUT2D eigenvalue weighted by molar-refractivity contribution is -0.137. The quantitative estimate of drug-likeness (QED) is 0.212. The molecule has 7 nitrogen and oxygen atoms in total. The van der Waals surface area contributed by atoms with Crippen LogP contribution in [0.2, 0.25) is 5.02 Å². The molecule has 1 atom stereocenters. The van der Waals surface area contributed by atoms with Crippen molar-refractivity contribution >= 4 is 56.6 Å². The summed E-state index contributed by atoms with van der Waals surface area (Å²) in [5.74, 6) is -0.0205. The summed E-state index contributed by atoms with van der Waals surface area (Å²) < 4.78 is 67.0. The molecule has 13 heteroatoms. The second-order valence-corrected chi connectivity index (χ2v) is 12.7. The van der Waals surface area contributed by atoms with Crippen molar-refractivity contribution in [3.05, 3.63) is 124 Å². The van der Waals surface area contributed by atoms with Crippen LogP contribution in [0.15, 0.2) is 102 Å². The predicted octanol–water partition coefficient (Wildman–Crippen LogP) is 7.19. The first-order valence-corrected chi connectivity index (χ1v) is 15.7. The lowest BCUT2D eigenvalue weighted by atomic mass is 10.1. The van der Waals surface area contributed by atoms with E-state index in [1.807, 2.05) is 35.2 Å². The topological polar surface area (TPSA) is 95.6 Å². The summed E-state index contributed by atoms with van der Waals surface area (Å²) in [4.78, 5) is 27.0. The second-order valence-electron chi connectivity index (χ2n) is 9.57. The van der Waals surface area contributed by atoms with Crippen molar-refractivity contribution < 1.29 is 31.2 Å². The first kappa shape index (κ1) is 30.5. The van der Waals surface area contributed by atoms with E-state index in [1.54, 1.807) is 24.3 Å².